The average Bonchev–Trinajstić information content (AvgIpc) is 3.02. The van der Waals surface area contributed by atoms with Crippen LogP contribution in [0.2, 0.25) is 0 Å². The van der Waals surface area contributed by atoms with Gasteiger partial charge in [-0.1, -0.05) is 0 Å². The number of sulfone groups is 1. The van der Waals surface area contributed by atoms with Crippen LogP contribution >= 0.6 is 0 Å². The fourth-order valence-electron chi connectivity index (χ4n) is 2.28. The zero-order chi connectivity index (χ0) is 18.9. The minimum absolute atomic E-state index is 0.145. The highest BCUT2D eigenvalue weighted by molar-refractivity contribution is 7.92. The van der Waals surface area contributed by atoms with Crippen molar-refractivity contribution in [3.63, 3.8) is 0 Å². The molecular formula is C16H12F3N3O3S. The van der Waals surface area contributed by atoms with Gasteiger partial charge in [0.1, 0.15) is 0 Å². The van der Waals surface area contributed by atoms with Gasteiger partial charge in [-0.2, -0.15) is 13.2 Å². The first-order chi connectivity index (χ1) is 12.2. The number of urea groups is 1. The average molecular weight is 383 g/mol. The minimum Gasteiger partial charge on any atom is -0.361 e. The molecule has 0 radical (unpaired) electrons. The molecule has 3 N–H and O–H groups in total. The van der Waals surface area contributed by atoms with Gasteiger partial charge in [0.2, 0.25) is 0 Å². The molecule has 0 saturated heterocycles. The molecule has 136 valence electrons. The van der Waals surface area contributed by atoms with Gasteiger partial charge < -0.3 is 15.6 Å². The van der Waals surface area contributed by atoms with E-state index in [4.69, 9.17) is 0 Å². The Kier molecular flexibility index (Phi) is 4.36. The molecule has 6 nitrogen and oxygen atoms in total. The lowest BCUT2D eigenvalue weighted by Gasteiger charge is -2.10. The summed E-state index contributed by atoms with van der Waals surface area (Å²) in [5.41, 5.74) is -3.81. The predicted molar refractivity (Wildman–Crippen MR) is 90.6 cm³/mol. The number of carbonyl (C=O) groups is 1. The van der Waals surface area contributed by atoms with E-state index in [-0.39, 0.29) is 5.69 Å². The van der Waals surface area contributed by atoms with E-state index in [1.807, 2.05) is 6.07 Å². The second-order valence-electron chi connectivity index (χ2n) is 5.33. The Bertz CT molecular complexity index is 1060. The number of halogens is 3. The van der Waals surface area contributed by atoms with Gasteiger partial charge >= 0.3 is 11.5 Å². The van der Waals surface area contributed by atoms with Gasteiger partial charge in [0.15, 0.2) is 0 Å². The maximum atomic E-state index is 12.5. The molecule has 3 rings (SSSR count). The largest absolute Gasteiger partial charge is 0.501 e. The number of carbonyl (C=O) groups excluding carboxylic acids is 1. The number of rotatable bonds is 3. The molecule has 0 saturated carbocycles. The van der Waals surface area contributed by atoms with Crippen LogP contribution < -0.4 is 10.6 Å². The normalized spacial score (nSPS) is 12.1. The third kappa shape index (κ3) is 3.49. The summed E-state index contributed by atoms with van der Waals surface area (Å²) in [5.74, 6) is 0. The van der Waals surface area contributed by atoms with Crippen molar-refractivity contribution >= 4 is 38.1 Å². The first-order valence-electron chi connectivity index (χ1n) is 7.23. The predicted octanol–water partition coefficient (Wildman–Crippen LogP) is 4.11. The Hall–Kier alpha value is -3.01. The van der Waals surface area contributed by atoms with E-state index in [9.17, 15) is 26.4 Å². The summed E-state index contributed by atoms with van der Waals surface area (Å²) in [6.45, 7) is 0. The summed E-state index contributed by atoms with van der Waals surface area (Å²) >= 11 is 0. The number of hydrogen-bond donors (Lipinski definition) is 3. The number of amides is 2. The van der Waals surface area contributed by atoms with Crippen molar-refractivity contribution in [1.29, 1.82) is 0 Å². The summed E-state index contributed by atoms with van der Waals surface area (Å²) in [6, 6.07) is 10.1. The fraction of sp³-hybridized carbons (Fsp3) is 0.0625. The van der Waals surface area contributed by atoms with E-state index >= 15 is 0 Å². The summed E-state index contributed by atoms with van der Waals surface area (Å²) in [5, 5.41) is 5.89. The standard InChI is InChI=1S/C16H12F3N3O3S/c17-16(18,19)26(24,25)13-4-1-11(2-5-13)21-15(23)22-12-3-6-14-10(9-12)7-8-20-14/h1-9,20H,(H2,21,22,23). The summed E-state index contributed by atoms with van der Waals surface area (Å²) < 4.78 is 60.0. The monoisotopic (exact) mass is 383 g/mol. The van der Waals surface area contributed by atoms with Crippen LogP contribution in [0, 0.1) is 0 Å². The van der Waals surface area contributed by atoms with Crippen molar-refractivity contribution in [1.82, 2.24) is 4.98 Å². The maximum Gasteiger partial charge on any atom is 0.501 e. The van der Waals surface area contributed by atoms with Crippen LogP contribution in [-0.4, -0.2) is 24.9 Å². The number of fused-ring (bicyclic) bond motifs is 1. The van der Waals surface area contributed by atoms with Crippen LogP contribution in [0.5, 0.6) is 0 Å². The van der Waals surface area contributed by atoms with Gasteiger partial charge in [-0.15, -0.1) is 0 Å². The third-order valence-corrected chi connectivity index (χ3v) is 5.04. The van der Waals surface area contributed by atoms with E-state index in [2.05, 4.69) is 15.6 Å². The molecule has 0 unspecified atom stereocenters. The molecule has 3 aromatic rings. The molecule has 0 aliphatic carbocycles. The second-order valence-corrected chi connectivity index (χ2v) is 7.27. The molecule has 0 atom stereocenters. The van der Waals surface area contributed by atoms with Crippen molar-refractivity contribution in [3.8, 4) is 0 Å². The molecule has 2 amide bonds. The topological polar surface area (TPSA) is 91.1 Å². The highest BCUT2D eigenvalue weighted by atomic mass is 32.2. The Labute approximate surface area is 145 Å². The number of benzene rings is 2. The van der Waals surface area contributed by atoms with Crippen molar-refractivity contribution in [2.24, 2.45) is 0 Å². The molecule has 0 spiro atoms. The van der Waals surface area contributed by atoms with Crippen molar-refractivity contribution in [3.05, 3.63) is 54.7 Å². The molecule has 1 aromatic heterocycles. The number of H-pyrrole nitrogens is 1. The lowest BCUT2D eigenvalue weighted by molar-refractivity contribution is -0.0436. The van der Waals surface area contributed by atoms with Crippen LogP contribution in [0.25, 0.3) is 10.9 Å². The SMILES string of the molecule is O=C(Nc1ccc(S(=O)(=O)C(F)(F)F)cc1)Nc1ccc2[nH]ccc2c1. The minimum atomic E-state index is -5.42. The number of anilines is 2. The van der Waals surface area contributed by atoms with E-state index in [0.717, 1.165) is 35.2 Å². The maximum absolute atomic E-state index is 12.5. The van der Waals surface area contributed by atoms with E-state index in [0.29, 0.717) is 5.69 Å². The molecule has 2 aromatic carbocycles. The summed E-state index contributed by atoms with van der Waals surface area (Å²) in [6.07, 6.45) is 1.76. The first kappa shape index (κ1) is 17.8. The van der Waals surface area contributed by atoms with E-state index < -0.39 is 26.3 Å². The zero-order valence-corrected chi connectivity index (χ0v) is 13.8. The number of aromatic nitrogens is 1. The third-order valence-electron chi connectivity index (χ3n) is 3.54. The zero-order valence-electron chi connectivity index (χ0n) is 13.0. The van der Waals surface area contributed by atoms with Crippen LogP contribution in [0.15, 0.2) is 59.6 Å². The van der Waals surface area contributed by atoms with Crippen molar-refractivity contribution in [2.45, 2.75) is 10.4 Å². The van der Waals surface area contributed by atoms with Gasteiger partial charge in [-0.3, -0.25) is 0 Å². The van der Waals surface area contributed by atoms with Crippen LogP contribution in [0.1, 0.15) is 0 Å². The van der Waals surface area contributed by atoms with Gasteiger partial charge in [-0.05, 0) is 48.5 Å². The van der Waals surface area contributed by atoms with Crippen molar-refractivity contribution in [2.75, 3.05) is 10.6 Å². The quantitative estimate of drug-likeness (QED) is 0.636. The van der Waals surface area contributed by atoms with E-state index in [1.54, 1.807) is 24.4 Å². The molecule has 0 aliphatic rings. The molecular weight excluding hydrogens is 371 g/mol. The van der Waals surface area contributed by atoms with E-state index in [1.165, 1.54) is 0 Å². The van der Waals surface area contributed by atoms with Gasteiger partial charge in [0, 0.05) is 28.5 Å². The lowest BCUT2D eigenvalue weighted by Crippen LogP contribution is -2.23. The smallest absolute Gasteiger partial charge is 0.361 e. The number of aromatic amines is 1. The van der Waals surface area contributed by atoms with Crippen molar-refractivity contribution < 1.29 is 26.4 Å². The molecule has 0 aliphatic heterocycles. The number of nitrogens with one attached hydrogen (secondary N) is 3. The van der Waals surface area contributed by atoms with Crippen LogP contribution in [-0.2, 0) is 9.84 Å². The molecule has 26 heavy (non-hydrogen) atoms. The fourth-order valence-corrected chi connectivity index (χ4v) is 3.04. The highest BCUT2D eigenvalue weighted by Crippen LogP contribution is 2.30. The number of alkyl halides is 3. The lowest BCUT2D eigenvalue weighted by atomic mass is 10.2. The Balaban J connectivity index is 1.69. The van der Waals surface area contributed by atoms with Crippen LogP contribution in [0.4, 0.5) is 29.3 Å². The Morgan fingerprint density at radius 1 is 0.923 bits per heavy atom. The van der Waals surface area contributed by atoms with Gasteiger partial charge in [0.05, 0.1) is 4.90 Å². The van der Waals surface area contributed by atoms with Crippen LogP contribution in [0.3, 0.4) is 0 Å². The first-order valence-corrected chi connectivity index (χ1v) is 8.72. The molecule has 1 heterocycles. The molecule has 10 heteroatoms. The van der Waals surface area contributed by atoms with Gasteiger partial charge in [-0.25, -0.2) is 13.2 Å². The molecule has 0 bridgehead atoms. The summed E-state index contributed by atoms with van der Waals surface area (Å²) in [7, 11) is -5.42. The Morgan fingerprint density at radius 2 is 1.54 bits per heavy atom. The second kappa shape index (κ2) is 6.37. The highest BCUT2D eigenvalue weighted by Gasteiger charge is 2.46. The molecule has 0 fully saturated rings. The Morgan fingerprint density at radius 3 is 2.19 bits per heavy atom. The van der Waals surface area contributed by atoms with Gasteiger partial charge in [0.25, 0.3) is 9.84 Å². The number of hydrogen-bond acceptors (Lipinski definition) is 3. The summed E-state index contributed by atoms with van der Waals surface area (Å²) in [4.78, 5) is 14.1.